The van der Waals surface area contributed by atoms with E-state index >= 15 is 0 Å². The number of nitrogens with one attached hydrogen (secondary N) is 2. The normalized spacial score (nSPS) is 19.2. The maximum atomic E-state index is 12.1. The van der Waals surface area contributed by atoms with Crippen LogP contribution in [-0.2, 0) is 4.79 Å². The van der Waals surface area contributed by atoms with Crippen LogP contribution in [0.15, 0.2) is 35.3 Å². The van der Waals surface area contributed by atoms with Crippen LogP contribution in [0.5, 0.6) is 0 Å². The molecule has 0 bridgehead atoms. The van der Waals surface area contributed by atoms with Crippen molar-refractivity contribution in [2.24, 2.45) is 10.4 Å². The molecule has 0 aromatic heterocycles. The summed E-state index contributed by atoms with van der Waals surface area (Å²) in [5.41, 5.74) is 1.32. The Hall–Kier alpha value is -1.31. The fourth-order valence-corrected chi connectivity index (χ4v) is 3.87. The Kier molecular flexibility index (Phi) is 6.89. The number of carbonyl (C=O) groups excluding carboxylic acids is 1. The van der Waals surface area contributed by atoms with Gasteiger partial charge in [-0.1, -0.05) is 31.0 Å². The molecular weight excluding hydrogens is 415 g/mol. The number of hydrogen-bond acceptors (Lipinski definition) is 2. The van der Waals surface area contributed by atoms with Crippen LogP contribution >= 0.6 is 24.0 Å². The average Bonchev–Trinajstić information content (AvgIpc) is 3.20. The van der Waals surface area contributed by atoms with E-state index in [1.807, 2.05) is 30.3 Å². The molecule has 3 rings (SSSR count). The highest BCUT2D eigenvalue weighted by Crippen LogP contribution is 2.45. The highest BCUT2D eigenvalue weighted by atomic mass is 127. The van der Waals surface area contributed by atoms with Crippen molar-refractivity contribution in [2.75, 3.05) is 32.0 Å². The van der Waals surface area contributed by atoms with E-state index in [1.165, 1.54) is 32.1 Å². The minimum absolute atomic E-state index is 0. The van der Waals surface area contributed by atoms with Gasteiger partial charge < -0.3 is 15.5 Å². The Bertz CT molecular complexity index is 570. The van der Waals surface area contributed by atoms with Crippen LogP contribution in [0.25, 0.3) is 0 Å². The summed E-state index contributed by atoms with van der Waals surface area (Å²) in [6.07, 6.45) is 6.66. The second-order valence-corrected chi connectivity index (χ2v) is 6.69. The Labute approximate surface area is 161 Å². The van der Waals surface area contributed by atoms with Crippen molar-refractivity contribution >= 4 is 41.5 Å². The molecule has 24 heavy (non-hydrogen) atoms. The lowest BCUT2D eigenvalue weighted by Crippen LogP contribution is -2.44. The third-order valence-corrected chi connectivity index (χ3v) is 5.08. The smallest absolute Gasteiger partial charge is 0.243 e. The van der Waals surface area contributed by atoms with E-state index < -0.39 is 0 Å². The zero-order valence-corrected chi connectivity index (χ0v) is 16.6. The Morgan fingerprint density at radius 1 is 1.21 bits per heavy atom. The molecule has 5 nitrogen and oxygen atoms in total. The van der Waals surface area contributed by atoms with Gasteiger partial charge in [-0.05, 0) is 36.8 Å². The first-order chi connectivity index (χ1) is 11.2. The van der Waals surface area contributed by atoms with Gasteiger partial charge in [0.2, 0.25) is 5.91 Å². The maximum absolute atomic E-state index is 12.1. The highest BCUT2D eigenvalue weighted by molar-refractivity contribution is 14.0. The Morgan fingerprint density at radius 2 is 1.92 bits per heavy atom. The van der Waals surface area contributed by atoms with E-state index in [9.17, 15) is 4.79 Å². The number of para-hydroxylation sites is 1. The number of nitrogens with zero attached hydrogens (tertiary/aromatic N) is 2. The molecule has 1 saturated heterocycles. The topological polar surface area (TPSA) is 56.7 Å². The molecule has 132 valence electrons. The summed E-state index contributed by atoms with van der Waals surface area (Å²) in [6.45, 7) is 2.36. The molecule has 1 heterocycles. The van der Waals surface area contributed by atoms with Gasteiger partial charge in [0.05, 0.1) is 6.54 Å². The number of likely N-dealkylation sites (tertiary alicyclic amines) is 1. The minimum Gasteiger partial charge on any atom is -0.347 e. The number of guanidine groups is 1. The lowest BCUT2D eigenvalue weighted by molar-refractivity contribution is -0.115. The Morgan fingerprint density at radius 3 is 2.58 bits per heavy atom. The average molecular weight is 442 g/mol. The summed E-state index contributed by atoms with van der Waals surface area (Å²) in [6, 6.07) is 9.52. The van der Waals surface area contributed by atoms with Crippen LogP contribution in [0.4, 0.5) is 5.69 Å². The van der Waals surface area contributed by atoms with Crippen molar-refractivity contribution < 1.29 is 4.79 Å². The van der Waals surface area contributed by atoms with Gasteiger partial charge in [-0.25, -0.2) is 0 Å². The lowest BCUT2D eigenvalue weighted by atomic mass is 9.86. The molecule has 1 saturated carbocycles. The zero-order chi connectivity index (χ0) is 16.1. The number of aliphatic imine (C=N–C) groups is 1. The predicted molar refractivity (Wildman–Crippen MR) is 109 cm³/mol. The fourth-order valence-electron chi connectivity index (χ4n) is 3.87. The van der Waals surface area contributed by atoms with Crippen molar-refractivity contribution in [3.8, 4) is 0 Å². The van der Waals surface area contributed by atoms with Crippen LogP contribution < -0.4 is 10.6 Å². The largest absolute Gasteiger partial charge is 0.347 e. The maximum Gasteiger partial charge on any atom is 0.243 e. The number of carbonyl (C=O) groups is 1. The third kappa shape index (κ3) is 4.62. The van der Waals surface area contributed by atoms with Crippen LogP contribution in [0.3, 0.4) is 0 Å². The second kappa shape index (κ2) is 8.69. The summed E-state index contributed by atoms with van der Waals surface area (Å²) in [5, 5.41) is 6.09. The van der Waals surface area contributed by atoms with Gasteiger partial charge in [-0.3, -0.25) is 9.79 Å². The quantitative estimate of drug-likeness (QED) is 0.430. The van der Waals surface area contributed by atoms with E-state index in [0.717, 1.165) is 24.7 Å². The van der Waals surface area contributed by atoms with E-state index in [2.05, 4.69) is 20.5 Å². The fraction of sp³-hybridized carbons (Fsp3) is 0.556. The van der Waals surface area contributed by atoms with Crippen molar-refractivity contribution in [1.29, 1.82) is 0 Å². The van der Waals surface area contributed by atoms with Crippen LogP contribution in [-0.4, -0.2) is 43.4 Å². The number of rotatable bonds is 3. The molecule has 2 aliphatic rings. The summed E-state index contributed by atoms with van der Waals surface area (Å²) >= 11 is 0. The van der Waals surface area contributed by atoms with Crippen LogP contribution in [0.2, 0.25) is 0 Å². The predicted octanol–water partition coefficient (Wildman–Crippen LogP) is 3.08. The molecule has 0 atom stereocenters. The monoisotopic (exact) mass is 442 g/mol. The van der Waals surface area contributed by atoms with Crippen molar-refractivity contribution in [3.63, 3.8) is 0 Å². The molecule has 2 fully saturated rings. The minimum atomic E-state index is -0.0490. The summed E-state index contributed by atoms with van der Waals surface area (Å²) < 4.78 is 0. The second-order valence-electron chi connectivity index (χ2n) is 6.69. The van der Waals surface area contributed by atoms with Gasteiger partial charge in [0.1, 0.15) is 0 Å². The number of benzene rings is 1. The first-order valence-corrected chi connectivity index (χ1v) is 8.51. The molecule has 1 aliphatic heterocycles. The van der Waals surface area contributed by atoms with Crippen molar-refractivity contribution in [1.82, 2.24) is 10.2 Å². The molecule has 1 aliphatic carbocycles. The van der Waals surface area contributed by atoms with Crippen molar-refractivity contribution in [2.45, 2.75) is 32.1 Å². The summed E-state index contributed by atoms with van der Waals surface area (Å²) in [7, 11) is 1.79. The molecule has 1 aromatic rings. The molecule has 0 unspecified atom stereocenters. The van der Waals surface area contributed by atoms with E-state index in [1.54, 1.807) is 7.05 Å². The zero-order valence-electron chi connectivity index (χ0n) is 14.3. The highest BCUT2D eigenvalue weighted by Gasteiger charge is 2.41. The first kappa shape index (κ1) is 19.0. The molecule has 1 amide bonds. The lowest BCUT2D eigenvalue weighted by Gasteiger charge is -2.25. The molecular formula is C18H27IN4O. The van der Waals surface area contributed by atoms with Gasteiger partial charge >= 0.3 is 0 Å². The summed E-state index contributed by atoms with van der Waals surface area (Å²) in [4.78, 5) is 18.7. The molecule has 1 aromatic carbocycles. The van der Waals surface area contributed by atoms with Crippen LogP contribution in [0.1, 0.15) is 32.1 Å². The van der Waals surface area contributed by atoms with E-state index in [4.69, 9.17) is 0 Å². The van der Waals surface area contributed by atoms with Gasteiger partial charge in [-0.15, -0.1) is 24.0 Å². The van der Waals surface area contributed by atoms with Gasteiger partial charge in [0, 0.05) is 25.8 Å². The van der Waals surface area contributed by atoms with Crippen LogP contribution in [0, 0.1) is 5.41 Å². The number of amides is 1. The number of anilines is 1. The van der Waals surface area contributed by atoms with Crippen molar-refractivity contribution in [3.05, 3.63) is 30.3 Å². The van der Waals surface area contributed by atoms with Gasteiger partial charge in [-0.2, -0.15) is 0 Å². The van der Waals surface area contributed by atoms with E-state index in [-0.39, 0.29) is 36.4 Å². The number of hydrogen-bond donors (Lipinski definition) is 2. The Balaban J connectivity index is 0.00000208. The van der Waals surface area contributed by atoms with Gasteiger partial charge in [0.25, 0.3) is 0 Å². The molecule has 0 radical (unpaired) electrons. The molecule has 1 spiro atoms. The summed E-state index contributed by atoms with van der Waals surface area (Å²) in [5.74, 6) is 0.795. The SMILES string of the molecule is CN=C(NCC(=O)Nc1ccccc1)N1CCC2(CCCC2)C1.I. The first-order valence-electron chi connectivity index (χ1n) is 8.51. The van der Waals surface area contributed by atoms with Gasteiger partial charge in [0.15, 0.2) is 5.96 Å². The van der Waals surface area contributed by atoms with E-state index in [0.29, 0.717) is 5.41 Å². The molecule has 2 N–H and O–H groups in total. The molecule has 6 heteroatoms. The third-order valence-electron chi connectivity index (χ3n) is 5.08. The standard InChI is InChI=1S/C18H26N4O.HI/c1-19-17(22-12-11-18(14-22)9-5-6-10-18)20-13-16(23)21-15-7-3-2-4-8-15;/h2-4,7-8H,5-6,9-14H2,1H3,(H,19,20)(H,21,23);1H. The number of halogens is 1.